The standard InChI is InChI=1S/C19H21N3O4.ClH/c23-16-2-1-14(17(24)21-16)22-9-11-7-13-15(8-12(11)18(22)25)26-10-19(13)3-5-20-6-4-19;/h7-8,14,20H,1-6,9-10H2,(H,21,23,24);1H. The highest BCUT2D eigenvalue weighted by molar-refractivity contribution is 6.05. The molecule has 0 radical (unpaired) electrons. The van der Waals surface area contributed by atoms with Gasteiger partial charge in [-0.05, 0) is 50.0 Å². The predicted molar refractivity (Wildman–Crippen MR) is 99.0 cm³/mol. The average molecular weight is 392 g/mol. The largest absolute Gasteiger partial charge is 0.492 e. The average Bonchev–Trinajstić information content (AvgIpc) is 3.13. The maximum atomic E-state index is 12.9. The minimum Gasteiger partial charge on any atom is -0.492 e. The summed E-state index contributed by atoms with van der Waals surface area (Å²) in [5, 5.41) is 5.74. The summed E-state index contributed by atoms with van der Waals surface area (Å²) in [5.41, 5.74) is 2.83. The van der Waals surface area contributed by atoms with Crippen LogP contribution in [0.1, 0.15) is 47.2 Å². The molecule has 2 saturated heterocycles. The maximum Gasteiger partial charge on any atom is 0.255 e. The van der Waals surface area contributed by atoms with E-state index in [-0.39, 0.29) is 42.0 Å². The maximum absolute atomic E-state index is 12.9. The molecule has 4 aliphatic heterocycles. The molecule has 8 heteroatoms. The summed E-state index contributed by atoms with van der Waals surface area (Å²) in [7, 11) is 0. The first-order chi connectivity index (χ1) is 12.6. The summed E-state index contributed by atoms with van der Waals surface area (Å²) in [5.74, 6) is 0.0212. The van der Waals surface area contributed by atoms with Gasteiger partial charge >= 0.3 is 0 Å². The Hall–Kier alpha value is -2.12. The number of piperidine rings is 2. The summed E-state index contributed by atoms with van der Waals surface area (Å²) in [6, 6.07) is 3.40. The van der Waals surface area contributed by atoms with Gasteiger partial charge in [-0.25, -0.2) is 0 Å². The fourth-order valence-corrected chi connectivity index (χ4v) is 4.74. The lowest BCUT2D eigenvalue weighted by Crippen LogP contribution is -2.52. The zero-order valence-corrected chi connectivity index (χ0v) is 15.7. The van der Waals surface area contributed by atoms with Gasteiger partial charge < -0.3 is 15.0 Å². The number of imide groups is 1. The van der Waals surface area contributed by atoms with Crippen molar-refractivity contribution < 1.29 is 19.1 Å². The number of hydrogen-bond donors (Lipinski definition) is 2. The molecule has 0 saturated carbocycles. The molecule has 1 spiro atoms. The van der Waals surface area contributed by atoms with Crippen LogP contribution in [0, 0.1) is 0 Å². The van der Waals surface area contributed by atoms with Crippen LogP contribution in [-0.4, -0.2) is 48.4 Å². The first-order valence-electron chi connectivity index (χ1n) is 9.23. The Balaban J connectivity index is 0.00000180. The van der Waals surface area contributed by atoms with Gasteiger partial charge in [0.2, 0.25) is 11.8 Å². The van der Waals surface area contributed by atoms with E-state index >= 15 is 0 Å². The molecule has 5 rings (SSSR count). The SMILES string of the molecule is Cl.O=C1CCC(N2Cc3cc4c(cc3C2=O)OCC42CCNCC2)C(=O)N1. The second-order valence-electron chi connectivity index (χ2n) is 7.72. The lowest BCUT2D eigenvalue weighted by Gasteiger charge is -2.32. The molecule has 1 atom stereocenters. The summed E-state index contributed by atoms with van der Waals surface area (Å²) in [6.45, 7) is 3.04. The third-order valence-electron chi connectivity index (χ3n) is 6.26. The minimum atomic E-state index is -0.573. The molecular formula is C19H22ClN3O4. The first kappa shape index (κ1) is 18.3. The number of rotatable bonds is 1. The second-order valence-corrected chi connectivity index (χ2v) is 7.72. The highest BCUT2D eigenvalue weighted by Crippen LogP contribution is 2.46. The van der Waals surface area contributed by atoms with E-state index in [1.807, 2.05) is 6.07 Å². The van der Waals surface area contributed by atoms with E-state index in [2.05, 4.69) is 16.7 Å². The molecule has 1 aromatic carbocycles. The number of benzene rings is 1. The quantitative estimate of drug-likeness (QED) is 0.694. The number of carbonyl (C=O) groups excluding carboxylic acids is 3. The Bertz CT molecular complexity index is 834. The van der Waals surface area contributed by atoms with Gasteiger partial charge in [-0.1, -0.05) is 0 Å². The molecule has 0 aliphatic carbocycles. The normalized spacial score (nSPS) is 25.6. The van der Waals surface area contributed by atoms with Crippen molar-refractivity contribution in [2.45, 2.75) is 43.7 Å². The monoisotopic (exact) mass is 391 g/mol. The van der Waals surface area contributed by atoms with Gasteiger partial charge in [0.25, 0.3) is 5.91 Å². The third kappa shape index (κ3) is 2.72. The number of nitrogens with zero attached hydrogens (tertiary/aromatic N) is 1. The molecule has 4 heterocycles. The Kier molecular flexibility index (Phi) is 4.39. The van der Waals surface area contributed by atoms with E-state index in [4.69, 9.17) is 4.74 Å². The molecular weight excluding hydrogens is 370 g/mol. The van der Waals surface area contributed by atoms with Crippen molar-refractivity contribution >= 4 is 30.1 Å². The molecule has 2 fully saturated rings. The Morgan fingerprint density at radius 2 is 1.93 bits per heavy atom. The molecule has 27 heavy (non-hydrogen) atoms. The Morgan fingerprint density at radius 1 is 1.15 bits per heavy atom. The van der Waals surface area contributed by atoms with Crippen molar-refractivity contribution in [1.82, 2.24) is 15.5 Å². The molecule has 7 nitrogen and oxygen atoms in total. The molecule has 0 aromatic heterocycles. The van der Waals surface area contributed by atoms with Crippen LogP contribution in [0.25, 0.3) is 0 Å². The number of halogens is 1. The number of hydrogen-bond acceptors (Lipinski definition) is 5. The van der Waals surface area contributed by atoms with E-state index in [0.717, 1.165) is 37.2 Å². The second kappa shape index (κ2) is 6.49. The number of carbonyl (C=O) groups is 3. The zero-order chi connectivity index (χ0) is 17.9. The fraction of sp³-hybridized carbons (Fsp3) is 0.526. The van der Waals surface area contributed by atoms with Crippen LogP contribution in [-0.2, 0) is 21.5 Å². The van der Waals surface area contributed by atoms with Crippen molar-refractivity contribution in [2.75, 3.05) is 19.7 Å². The molecule has 0 bridgehead atoms. The number of ether oxygens (including phenoxy) is 1. The van der Waals surface area contributed by atoms with E-state index < -0.39 is 6.04 Å². The van der Waals surface area contributed by atoms with E-state index in [9.17, 15) is 14.4 Å². The van der Waals surface area contributed by atoms with Crippen molar-refractivity contribution in [3.63, 3.8) is 0 Å². The van der Waals surface area contributed by atoms with E-state index in [0.29, 0.717) is 25.1 Å². The molecule has 2 N–H and O–H groups in total. The highest BCUT2D eigenvalue weighted by Gasteiger charge is 2.45. The van der Waals surface area contributed by atoms with E-state index in [1.54, 1.807) is 4.90 Å². The van der Waals surface area contributed by atoms with Gasteiger partial charge in [0.05, 0.1) is 6.61 Å². The van der Waals surface area contributed by atoms with Gasteiger partial charge in [0.15, 0.2) is 0 Å². The summed E-state index contributed by atoms with van der Waals surface area (Å²) in [4.78, 5) is 38.0. The van der Waals surface area contributed by atoms with Crippen LogP contribution >= 0.6 is 12.4 Å². The lowest BCUT2D eigenvalue weighted by molar-refractivity contribution is -0.136. The highest BCUT2D eigenvalue weighted by atomic mass is 35.5. The van der Waals surface area contributed by atoms with Crippen LogP contribution in [0.5, 0.6) is 5.75 Å². The zero-order valence-electron chi connectivity index (χ0n) is 14.9. The minimum absolute atomic E-state index is 0. The summed E-state index contributed by atoms with van der Waals surface area (Å²) < 4.78 is 5.96. The summed E-state index contributed by atoms with van der Waals surface area (Å²) in [6.07, 6.45) is 2.72. The van der Waals surface area contributed by atoms with Crippen LogP contribution in [0.4, 0.5) is 0 Å². The van der Waals surface area contributed by atoms with Crippen LogP contribution in [0.2, 0.25) is 0 Å². The molecule has 1 unspecified atom stereocenters. The van der Waals surface area contributed by atoms with Crippen LogP contribution in [0.15, 0.2) is 12.1 Å². The van der Waals surface area contributed by atoms with Crippen molar-refractivity contribution in [3.05, 3.63) is 28.8 Å². The summed E-state index contributed by atoms with van der Waals surface area (Å²) >= 11 is 0. The number of amides is 3. The van der Waals surface area contributed by atoms with Crippen LogP contribution < -0.4 is 15.4 Å². The smallest absolute Gasteiger partial charge is 0.255 e. The molecule has 4 aliphatic rings. The Labute approximate surface area is 163 Å². The van der Waals surface area contributed by atoms with Gasteiger partial charge in [-0.2, -0.15) is 0 Å². The number of fused-ring (bicyclic) bond motifs is 3. The predicted octanol–water partition coefficient (Wildman–Crippen LogP) is 0.883. The number of nitrogens with one attached hydrogen (secondary N) is 2. The first-order valence-corrected chi connectivity index (χ1v) is 9.23. The van der Waals surface area contributed by atoms with Crippen molar-refractivity contribution in [3.8, 4) is 5.75 Å². The molecule has 1 aromatic rings. The molecule has 144 valence electrons. The van der Waals surface area contributed by atoms with Gasteiger partial charge in [-0.15, -0.1) is 12.4 Å². The van der Waals surface area contributed by atoms with Crippen LogP contribution in [0.3, 0.4) is 0 Å². The third-order valence-corrected chi connectivity index (χ3v) is 6.26. The topological polar surface area (TPSA) is 87.7 Å². The lowest BCUT2D eigenvalue weighted by atomic mass is 9.74. The fourth-order valence-electron chi connectivity index (χ4n) is 4.74. The van der Waals surface area contributed by atoms with Gasteiger partial charge in [0.1, 0.15) is 11.8 Å². The van der Waals surface area contributed by atoms with E-state index in [1.165, 1.54) is 5.56 Å². The van der Waals surface area contributed by atoms with Crippen molar-refractivity contribution in [2.24, 2.45) is 0 Å². The molecule has 3 amide bonds. The van der Waals surface area contributed by atoms with Crippen molar-refractivity contribution in [1.29, 1.82) is 0 Å². The van der Waals surface area contributed by atoms with Gasteiger partial charge in [-0.3, -0.25) is 19.7 Å². The van der Waals surface area contributed by atoms with Gasteiger partial charge in [0, 0.05) is 29.5 Å². The Morgan fingerprint density at radius 3 is 2.67 bits per heavy atom.